The second kappa shape index (κ2) is 6.83. The van der Waals surface area contributed by atoms with Gasteiger partial charge in [0.05, 0.1) is 16.6 Å². The van der Waals surface area contributed by atoms with Gasteiger partial charge in [0.2, 0.25) is 0 Å². The van der Waals surface area contributed by atoms with Crippen molar-refractivity contribution in [3.8, 4) is 0 Å². The average molecular weight is 357 g/mol. The number of imidazole rings is 1. The molecule has 0 aliphatic carbocycles. The first-order valence-electron chi connectivity index (χ1n) is 7.83. The molecule has 3 N–H and O–H groups in total. The van der Waals surface area contributed by atoms with Crippen molar-refractivity contribution in [3.63, 3.8) is 0 Å². The van der Waals surface area contributed by atoms with Crippen molar-refractivity contribution >= 4 is 28.6 Å². The van der Waals surface area contributed by atoms with Crippen LogP contribution in [0.4, 0.5) is 10.1 Å². The number of H-pyrrole nitrogens is 2. The van der Waals surface area contributed by atoms with Crippen LogP contribution in [-0.4, -0.2) is 27.9 Å². The smallest absolute Gasteiger partial charge is 0.339 e. The number of carbonyl (C=O) groups excluding carboxylic acids is 2. The summed E-state index contributed by atoms with van der Waals surface area (Å²) >= 11 is 0. The molecule has 134 valence electrons. The van der Waals surface area contributed by atoms with Crippen LogP contribution < -0.4 is 11.0 Å². The van der Waals surface area contributed by atoms with Gasteiger partial charge in [0, 0.05) is 5.69 Å². The minimum atomic E-state index is -1.09. The summed E-state index contributed by atoms with van der Waals surface area (Å²) in [4.78, 5) is 40.7. The quantitative estimate of drug-likeness (QED) is 0.624. The Kier molecular flexibility index (Phi) is 4.57. The van der Waals surface area contributed by atoms with Crippen LogP contribution in [0.3, 0.4) is 0 Å². The van der Waals surface area contributed by atoms with Gasteiger partial charge in [-0.05, 0) is 49.7 Å². The lowest BCUT2D eigenvalue weighted by Gasteiger charge is -2.14. The van der Waals surface area contributed by atoms with Crippen LogP contribution in [0.15, 0.2) is 41.2 Å². The van der Waals surface area contributed by atoms with Gasteiger partial charge in [-0.25, -0.2) is 14.0 Å². The molecule has 8 heteroatoms. The van der Waals surface area contributed by atoms with Crippen LogP contribution in [0.1, 0.15) is 22.8 Å². The van der Waals surface area contributed by atoms with Crippen LogP contribution in [0.5, 0.6) is 0 Å². The van der Waals surface area contributed by atoms with Gasteiger partial charge in [-0.15, -0.1) is 0 Å². The van der Waals surface area contributed by atoms with E-state index in [0.29, 0.717) is 22.3 Å². The number of halogens is 1. The number of aromatic amines is 2. The number of aromatic nitrogens is 2. The van der Waals surface area contributed by atoms with Gasteiger partial charge in [0.1, 0.15) is 5.82 Å². The minimum absolute atomic E-state index is 0.0269. The van der Waals surface area contributed by atoms with Crippen LogP contribution in [0, 0.1) is 12.7 Å². The van der Waals surface area contributed by atoms with E-state index in [4.69, 9.17) is 4.74 Å². The van der Waals surface area contributed by atoms with E-state index in [9.17, 15) is 18.8 Å². The van der Waals surface area contributed by atoms with Crippen molar-refractivity contribution in [2.24, 2.45) is 0 Å². The molecule has 0 saturated carbocycles. The van der Waals surface area contributed by atoms with Crippen LogP contribution in [0.2, 0.25) is 0 Å². The highest BCUT2D eigenvalue weighted by atomic mass is 19.1. The number of anilines is 1. The van der Waals surface area contributed by atoms with E-state index >= 15 is 0 Å². The van der Waals surface area contributed by atoms with Crippen molar-refractivity contribution in [1.29, 1.82) is 0 Å². The maximum Gasteiger partial charge on any atom is 0.339 e. The van der Waals surface area contributed by atoms with E-state index in [0.717, 1.165) is 6.07 Å². The summed E-state index contributed by atoms with van der Waals surface area (Å²) in [5.41, 5.74) is 1.66. The van der Waals surface area contributed by atoms with E-state index in [2.05, 4.69) is 15.3 Å². The predicted molar refractivity (Wildman–Crippen MR) is 93.6 cm³/mol. The predicted octanol–water partition coefficient (Wildman–Crippen LogP) is 2.49. The average Bonchev–Trinajstić information content (AvgIpc) is 2.96. The number of benzene rings is 2. The number of carbonyl (C=O) groups is 2. The third kappa shape index (κ3) is 3.64. The highest BCUT2D eigenvalue weighted by molar-refractivity contribution is 5.98. The molecular weight excluding hydrogens is 341 g/mol. The standard InChI is InChI=1S/C18H16FN3O4/c1-9-3-4-11(7-13(9)19)17(24)26-10(2)16(23)20-12-5-6-14-15(8-12)22-18(25)21-14/h3-8,10H,1-2H3,(H,20,23)(H2,21,22,25)/t10-/m1/s1. The molecule has 2 aromatic carbocycles. The van der Waals surface area contributed by atoms with E-state index in [1.54, 1.807) is 25.1 Å². The topological polar surface area (TPSA) is 104 Å². The summed E-state index contributed by atoms with van der Waals surface area (Å²) in [6, 6.07) is 8.78. The first kappa shape index (κ1) is 17.4. The lowest BCUT2D eigenvalue weighted by Crippen LogP contribution is -2.30. The summed E-state index contributed by atoms with van der Waals surface area (Å²) in [5.74, 6) is -1.87. The lowest BCUT2D eigenvalue weighted by atomic mass is 10.1. The molecule has 0 unspecified atom stereocenters. The zero-order valence-corrected chi connectivity index (χ0v) is 14.1. The maximum absolute atomic E-state index is 13.5. The van der Waals surface area contributed by atoms with Gasteiger partial charge in [-0.3, -0.25) is 4.79 Å². The minimum Gasteiger partial charge on any atom is -0.449 e. The Labute approximate surface area is 147 Å². The van der Waals surface area contributed by atoms with Crippen molar-refractivity contribution < 1.29 is 18.7 Å². The molecule has 1 heterocycles. The molecule has 1 atom stereocenters. The molecule has 0 aliphatic heterocycles. The molecule has 7 nitrogen and oxygen atoms in total. The maximum atomic E-state index is 13.5. The largest absolute Gasteiger partial charge is 0.449 e. The van der Waals surface area contributed by atoms with Crippen LogP contribution in [0.25, 0.3) is 11.0 Å². The molecule has 26 heavy (non-hydrogen) atoms. The Morgan fingerprint density at radius 2 is 1.85 bits per heavy atom. The monoisotopic (exact) mass is 357 g/mol. The molecule has 1 amide bonds. The molecule has 1 aromatic heterocycles. The van der Waals surface area contributed by atoms with Crippen molar-refractivity contribution in [1.82, 2.24) is 9.97 Å². The van der Waals surface area contributed by atoms with Crippen molar-refractivity contribution in [2.45, 2.75) is 20.0 Å². The SMILES string of the molecule is Cc1ccc(C(=O)O[C@H](C)C(=O)Nc2ccc3[nH]c(=O)[nH]c3c2)cc1F. The Hall–Kier alpha value is -3.42. The van der Waals surface area contributed by atoms with E-state index in [1.807, 2.05) is 0 Å². The number of hydrogen-bond donors (Lipinski definition) is 3. The summed E-state index contributed by atoms with van der Waals surface area (Å²) in [7, 11) is 0. The number of ether oxygens (including phenoxy) is 1. The van der Waals surface area contributed by atoms with Crippen molar-refractivity contribution in [2.75, 3.05) is 5.32 Å². The van der Waals surface area contributed by atoms with Crippen LogP contribution in [-0.2, 0) is 9.53 Å². The van der Waals surface area contributed by atoms with Gasteiger partial charge in [-0.2, -0.15) is 0 Å². The number of nitrogens with one attached hydrogen (secondary N) is 3. The lowest BCUT2D eigenvalue weighted by molar-refractivity contribution is -0.123. The summed E-state index contributed by atoms with van der Waals surface area (Å²) in [5, 5.41) is 2.59. The van der Waals surface area contributed by atoms with Crippen LogP contribution >= 0.6 is 0 Å². The molecule has 0 spiro atoms. The zero-order chi connectivity index (χ0) is 18.8. The number of rotatable bonds is 4. The van der Waals surface area contributed by atoms with E-state index in [1.165, 1.54) is 19.1 Å². The molecule has 0 radical (unpaired) electrons. The first-order valence-corrected chi connectivity index (χ1v) is 7.83. The molecular formula is C18H16FN3O4. The third-order valence-electron chi connectivity index (χ3n) is 3.84. The molecule has 0 fully saturated rings. The van der Waals surface area contributed by atoms with Gasteiger partial charge in [-0.1, -0.05) is 6.07 Å². The zero-order valence-electron chi connectivity index (χ0n) is 14.1. The van der Waals surface area contributed by atoms with E-state index < -0.39 is 23.8 Å². The molecule has 3 rings (SSSR count). The Morgan fingerprint density at radius 3 is 2.58 bits per heavy atom. The van der Waals surface area contributed by atoms with Gasteiger partial charge in [0.15, 0.2) is 6.10 Å². The number of fused-ring (bicyclic) bond motifs is 1. The molecule has 0 bridgehead atoms. The first-order chi connectivity index (χ1) is 12.3. The van der Waals surface area contributed by atoms with Gasteiger partial charge in [0.25, 0.3) is 5.91 Å². The third-order valence-corrected chi connectivity index (χ3v) is 3.84. The van der Waals surface area contributed by atoms with Gasteiger partial charge < -0.3 is 20.0 Å². The second-order valence-corrected chi connectivity index (χ2v) is 5.84. The summed E-state index contributed by atoms with van der Waals surface area (Å²) < 4.78 is 18.6. The van der Waals surface area contributed by atoms with Crippen molar-refractivity contribution in [3.05, 3.63) is 63.8 Å². The summed E-state index contributed by atoms with van der Waals surface area (Å²) in [6.45, 7) is 2.99. The fraction of sp³-hybridized carbons (Fsp3) is 0.167. The number of esters is 1. The molecule has 0 aliphatic rings. The summed E-state index contributed by atoms with van der Waals surface area (Å²) in [6.07, 6.45) is -1.09. The number of hydrogen-bond acceptors (Lipinski definition) is 4. The Bertz CT molecular complexity index is 1050. The second-order valence-electron chi connectivity index (χ2n) is 5.84. The fourth-order valence-electron chi connectivity index (χ4n) is 2.36. The van der Waals surface area contributed by atoms with E-state index in [-0.39, 0.29) is 11.3 Å². The number of aryl methyl sites for hydroxylation is 1. The highest BCUT2D eigenvalue weighted by Gasteiger charge is 2.20. The normalized spacial score (nSPS) is 12.0. The molecule has 0 saturated heterocycles. The number of amides is 1. The Morgan fingerprint density at radius 1 is 1.12 bits per heavy atom. The molecule has 3 aromatic rings. The fourth-order valence-corrected chi connectivity index (χ4v) is 2.36. The Balaban J connectivity index is 1.67. The highest BCUT2D eigenvalue weighted by Crippen LogP contribution is 2.16. The van der Waals surface area contributed by atoms with Gasteiger partial charge >= 0.3 is 11.7 Å².